The fourth-order valence-electron chi connectivity index (χ4n) is 1.69. The standard InChI is InChI=1S/C12H10N2S/c1-9-6-7-12(15-9)14-8-13-10-4-2-3-5-11(10)14/h2-8H,1H3. The second-order valence-electron chi connectivity index (χ2n) is 3.49. The topological polar surface area (TPSA) is 17.8 Å². The fourth-order valence-corrected chi connectivity index (χ4v) is 2.53. The Morgan fingerprint density at radius 1 is 1.13 bits per heavy atom. The summed E-state index contributed by atoms with van der Waals surface area (Å²) in [6, 6.07) is 12.5. The quantitative estimate of drug-likeness (QED) is 0.607. The molecule has 0 N–H and O–H groups in total. The summed E-state index contributed by atoms with van der Waals surface area (Å²) in [5.41, 5.74) is 2.21. The summed E-state index contributed by atoms with van der Waals surface area (Å²) in [6.07, 6.45) is 1.88. The molecule has 0 amide bonds. The molecule has 3 heteroatoms. The van der Waals surface area contributed by atoms with Gasteiger partial charge in [0, 0.05) is 4.88 Å². The van der Waals surface area contributed by atoms with Crippen LogP contribution in [0, 0.1) is 6.92 Å². The number of fused-ring (bicyclic) bond motifs is 1. The summed E-state index contributed by atoms with van der Waals surface area (Å²) in [5.74, 6) is 0. The maximum atomic E-state index is 4.37. The summed E-state index contributed by atoms with van der Waals surface area (Å²) in [5, 5.41) is 1.22. The van der Waals surface area contributed by atoms with Crippen LogP contribution in [0.5, 0.6) is 0 Å². The van der Waals surface area contributed by atoms with Gasteiger partial charge >= 0.3 is 0 Å². The lowest BCUT2D eigenvalue weighted by Gasteiger charge is -1.98. The Labute approximate surface area is 91.8 Å². The van der Waals surface area contributed by atoms with E-state index in [1.807, 2.05) is 24.5 Å². The molecule has 0 atom stereocenters. The highest BCUT2D eigenvalue weighted by atomic mass is 32.1. The van der Waals surface area contributed by atoms with Crippen molar-refractivity contribution in [3.05, 3.63) is 47.6 Å². The van der Waals surface area contributed by atoms with Gasteiger partial charge in [-0.3, -0.25) is 4.57 Å². The third-order valence-corrected chi connectivity index (χ3v) is 3.42. The van der Waals surface area contributed by atoms with Crippen LogP contribution >= 0.6 is 11.3 Å². The molecule has 0 saturated carbocycles. The van der Waals surface area contributed by atoms with Gasteiger partial charge in [0.25, 0.3) is 0 Å². The Morgan fingerprint density at radius 3 is 2.80 bits per heavy atom. The minimum absolute atomic E-state index is 1.04. The van der Waals surface area contributed by atoms with Crippen molar-refractivity contribution in [2.24, 2.45) is 0 Å². The molecule has 0 aliphatic heterocycles. The maximum Gasteiger partial charge on any atom is 0.101 e. The third-order valence-electron chi connectivity index (χ3n) is 2.42. The monoisotopic (exact) mass is 214 g/mol. The molecule has 0 bridgehead atoms. The Bertz CT molecular complexity index is 607. The van der Waals surface area contributed by atoms with E-state index in [-0.39, 0.29) is 0 Å². The first-order valence-corrected chi connectivity index (χ1v) is 5.65. The van der Waals surface area contributed by atoms with E-state index in [4.69, 9.17) is 0 Å². The van der Waals surface area contributed by atoms with Crippen LogP contribution in [0.1, 0.15) is 4.88 Å². The number of hydrogen-bond acceptors (Lipinski definition) is 2. The molecule has 0 aliphatic rings. The van der Waals surface area contributed by atoms with Gasteiger partial charge in [0.1, 0.15) is 11.3 Å². The zero-order chi connectivity index (χ0) is 10.3. The van der Waals surface area contributed by atoms with Gasteiger partial charge < -0.3 is 0 Å². The van der Waals surface area contributed by atoms with Crippen LogP contribution < -0.4 is 0 Å². The minimum atomic E-state index is 1.04. The van der Waals surface area contributed by atoms with E-state index in [0.717, 1.165) is 5.52 Å². The van der Waals surface area contributed by atoms with E-state index in [9.17, 15) is 0 Å². The molecule has 0 radical (unpaired) electrons. The summed E-state index contributed by atoms with van der Waals surface area (Å²) in [7, 11) is 0. The first-order chi connectivity index (χ1) is 7.34. The van der Waals surface area contributed by atoms with Gasteiger partial charge in [-0.1, -0.05) is 12.1 Å². The van der Waals surface area contributed by atoms with Crippen LogP contribution in [0.15, 0.2) is 42.7 Å². The highest BCUT2D eigenvalue weighted by Crippen LogP contribution is 2.23. The molecule has 0 saturated heterocycles. The normalized spacial score (nSPS) is 11.0. The van der Waals surface area contributed by atoms with E-state index in [1.165, 1.54) is 15.4 Å². The molecule has 1 aromatic carbocycles. The number of hydrogen-bond donors (Lipinski definition) is 0. The Hall–Kier alpha value is -1.61. The number of aryl methyl sites for hydroxylation is 1. The van der Waals surface area contributed by atoms with E-state index in [0.29, 0.717) is 0 Å². The number of para-hydroxylation sites is 2. The fraction of sp³-hybridized carbons (Fsp3) is 0.0833. The van der Waals surface area contributed by atoms with E-state index in [1.54, 1.807) is 11.3 Å². The predicted octanol–water partition coefficient (Wildman–Crippen LogP) is 3.40. The number of rotatable bonds is 1. The zero-order valence-electron chi connectivity index (χ0n) is 8.34. The van der Waals surface area contributed by atoms with E-state index in [2.05, 4.69) is 34.7 Å². The van der Waals surface area contributed by atoms with Crippen LogP contribution in [-0.4, -0.2) is 9.55 Å². The lowest BCUT2D eigenvalue weighted by Crippen LogP contribution is -1.86. The Kier molecular flexibility index (Phi) is 1.86. The molecule has 0 spiro atoms. The van der Waals surface area contributed by atoms with Crippen molar-refractivity contribution in [3.63, 3.8) is 0 Å². The van der Waals surface area contributed by atoms with E-state index < -0.39 is 0 Å². The Morgan fingerprint density at radius 2 is 2.00 bits per heavy atom. The average Bonchev–Trinajstić information content (AvgIpc) is 2.83. The molecule has 0 fully saturated rings. The Balaban J connectivity index is 2.27. The van der Waals surface area contributed by atoms with E-state index >= 15 is 0 Å². The molecule has 3 aromatic rings. The molecule has 15 heavy (non-hydrogen) atoms. The number of benzene rings is 1. The zero-order valence-corrected chi connectivity index (χ0v) is 9.16. The summed E-state index contributed by atoms with van der Waals surface area (Å²) in [4.78, 5) is 5.70. The molecule has 2 heterocycles. The third kappa shape index (κ3) is 1.36. The molecule has 2 nitrogen and oxygen atoms in total. The van der Waals surface area contributed by atoms with Crippen molar-refractivity contribution in [1.82, 2.24) is 9.55 Å². The molecule has 3 rings (SSSR count). The molecular weight excluding hydrogens is 204 g/mol. The smallest absolute Gasteiger partial charge is 0.101 e. The molecule has 0 aliphatic carbocycles. The maximum absolute atomic E-state index is 4.37. The minimum Gasteiger partial charge on any atom is -0.290 e. The van der Waals surface area contributed by atoms with Gasteiger partial charge in [-0.15, -0.1) is 11.3 Å². The van der Waals surface area contributed by atoms with Crippen LogP contribution in [-0.2, 0) is 0 Å². The second kappa shape index (κ2) is 3.21. The highest BCUT2D eigenvalue weighted by molar-refractivity contribution is 7.14. The number of nitrogens with zero attached hydrogens (tertiary/aromatic N) is 2. The van der Waals surface area contributed by atoms with Crippen molar-refractivity contribution >= 4 is 22.4 Å². The average molecular weight is 214 g/mol. The van der Waals surface area contributed by atoms with Gasteiger partial charge in [-0.25, -0.2) is 4.98 Å². The molecule has 2 aromatic heterocycles. The lowest BCUT2D eigenvalue weighted by atomic mass is 10.3. The largest absolute Gasteiger partial charge is 0.290 e. The second-order valence-corrected chi connectivity index (χ2v) is 4.75. The SMILES string of the molecule is Cc1ccc(-n2cnc3ccccc32)s1. The highest BCUT2D eigenvalue weighted by Gasteiger charge is 2.04. The number of imidazole rings is 1. The van der Waals surface area contributed by atoms with Gasteiger partial charge in [0.2, 0.25) is 0 Å². The van der Waals surface area contributed by atoms with Gasteiger partial charge in [-0.2, -0.15) is 0 Å². The number of thiophene rings is 1. The van der Waals surface area contributed by atoms with Gasteiger partial charge in [0.15, 0.2) is 0 Å². The molecular formula is C12H10N2S. The summed E-state index contributed by atoms with van der Waals surface area (Å²) < 4.78 is 2.13. The van der Waals surface area contributed by atoms with Crippen molar-refractivity contribution in [1.29, 1.82) is 0 Å². The number of aromatic nitrogens is 2. The first kappa shape index (κ1) is 8.68. The summed E-state index contributed by atoms with van der Waals surface area (Å²) in [6.45, 7) is 2.12. The van der Waals surface area contributed by atoms with Crippen LogP contribution in [0.4, 0.5) is 0 Å². The molecule has 74 valence electrons. The summed E-state index contributed by atoms with van der Waals surface area (Å²) >= 11 is 1.78. The predicted molar refractivity (Wildman–Crippen MR) is 63.7 cm³/mol. The first-order valence-electron chi connectivity index (χ1n) is 4.83. The lowest BCUT2D eigenvalue weighted by molar-refractivity contribution is 1.12. The van der Waals surface area contributed by atoms with Gasteiger partial charge in [0.05, 0.1) is 11.0 Å². The van der Waals surface area contributed by atoms with Crippen molar-refractivity contribution in [2.45, 2.75) is 6.92 Å². The van der Waals surface area contributed by atoms with Crippen molar-refractivity contribution in [2.75, 3.05) is 0 Å². The van der Waals surface area contributed by atoms with Crippen LogP contribution in [0.25, 0.3) is 16.0 Å². The molecule has 0 unspecified atom stereocenters. The van der Waals surface area contributed by atoms with Crippen LogP contribution in [0.2, 0.25) is 0 Å². The van der Waals surface area contributed by atoms with Crippen molar-refractivity contribution in [3.8, 4) is 5.00 Å². The van der Waals surface area contributed by atoms with Gasteiger partial charge in [-0.05, 0) is 31.2 Å². The van der Waals surface area contributed by atoms with Crippen molar-refractivity contribution < 1.29 is 0 Å². The van der Waals surface area contributed by atoms with Crippen LogP contribution in [0.3, 0.4) is 0 Å².